The van der Waals surface area contributed by atoms with E-state index in [0.29, 0.717) is 51.4 Å². The van der Waals surface area contributed by atoms with Crippen molar-refractivity contribution < 1.29 is 19.1 Å². The molecule has 198 valence electrons. The number of ether oxygens (including phenoxy) is 1. The fraction of sp³-hybridized carbons (Fsp3) is 0.690. The van der Waals surface area contributed by atoms with Crippen molar-refractivity contribution in [3.63, 3.8) is 0 Å². The Bertz CT molecular complexity index is 904. The van der Waals surface area contributed by atoms with Crippen molar-refractivity contribution in [2.24, 2.45) is 11.3 Å². The second-order valence-electron chi connectivity index (χ2n) is 11.0. The van der Waals surface area contributed by atoms with E-state index < -0.39 is 11.5 Å². The topological polar surface area (TPSA) is 87.7 Å². The third-order valence-corrected chi connectivity index (χ3v) is 8.52. The summed E-state index contributed by atoms with van der Waals surface area (Å²) < 4.78 is 5.93. The van der Waals surface area contributed by atoms with E-state index in [2.05, 4.69) is 16.7 Å². The van der Waals surface area contributed by atoms with Crippen LogP contribution in [0.1, 0.15) is 83.1 Å². The van der Waals surface area contributed by atoms with E-state index in [1.807, 2.05) is 23.1 Å². The van der Waals surface area contributed by atoms with Crippen molar-refractivity contribution >= 4 is 17.7 Å². The van der Waals surface area contributed by atoms with Crippen LogP contribution in [0.5, 0.6) is 5.75 Å². The van der Waals surface area contributed by atoms with E-state index in [9.17, 15) is 14.4 Å². The molecule has 0 unspecified atom stereocenters. The first kappa shape index (κ1) is 26.5. The van der Waals surface area contributed by atoms with E-state index in [1.165, 1.54) is 25.7 Å². The molecular formula is C29H43N3O4. The Morgan fingerprint density at radius 1 is 1.06 bits per heavy atom. The molecule has 2 aliphatic heterocycles. The zero-order valence-corrected chi connectivity index (χ0v) is 21.9. The van der Waals surface area contributed by atoms with Gasteiger partial charge in [-0.15, -0.1) is 0 Å². The summed E-state index contributed by atoms with van der Waals surface area (Å²) in [7, 11) is 0. The normalized spacial score (nSPS) is 24.1. The van der Waals surface area contributed by atoms with Gasteiger partial charge in [0.1, 0.15) is 18.4 Å². The number of para-hydroxylation sites is 1. The standard InChI is InChI=1S/C29H43N3O4/c1-22-27(34)30-18-21-36-25-12-5-4-10-24(25)11-6-7-15-29(28(35)31-22)16-19-32(20-17-29)26(33)14-13-23-8-2-3-9-23/h4-5,10,12,22-23H,2-3,6-9,11,13-21H2,1H3,(H,30,34)(H,31,35)/t22-/m0/s1. The van der Waals surface area contributed by atoms with Crippen molar-refractivity contribution in [2.45, 2.75) is 90.0 Å². The minimum absolute atomic E-state index is 0.0465. The predicted octanol–water partition coefficient (Wildman–Crippen LogP) is 3.99. The highest BCUT2D eigenvalue weighted by Crippen LogP contribution is 2.38. The zero-order chi connectivity index (χ0) is 25.4. The van der Waals surface area contributed by atoms with Crippen molar-refractivity contribution in [3.05, 3.63) is 29.8 Å². The van der Waals surface area contributed by atoms with Gasteiger partial charge in [-0.2, -0.15) is 0 Å². The smallest absolute Gasteiger partial charge is 0.242 e. The zero-order valence-electron chi connectivity index (χ0n) is 21.9. The van der Waals surface area contributed by atoms with Gasteiger partial charge >= 0.3 is 0 Å². The van der Waals surface area contributed by atoms with Crippen LogP contribution in [0.3, 0.4) is 0 Å². The lowest BCUT2D eigenvalue weighted by molar-refractivity contribution is -0.142. The number of nitrogens with one attached hydrogen (secondary N) is 2. The number of hydrogen-bond donors (Lipinski definition) is 2. The van der Waals surface area contributed by atoms with Crippen molar-refractivity contribution in [1.29, 1.82) is 0 Å². The molecule has 1 aromatic rings. The number of amides is 3. The predicted molar refractivity (Wildman–Crippen MR) is 140 cm³/mol. The average Bonchev–Trinajstić information content (AvgIpc) is 3.42. The summed E-state index contributed by atoms with van der Waals surface area (Å²) in [6.45, 7) is 3.74. The number of aryl methyl sites for hydroxylation is 1. The summed E-state index contributed by atoms with van der Waals surface area (Å²) in [6, 6.07) is 7.44. The van der Waals surface area contributed by atoms with Gasteiger partial charge in [0.2, 0.25) is 17.7 Å². The van der Waals surface area contributed by atoms with Gasteiger partial charge in [-0.3, -0.25) is 14.4 Å². The molecule has 1 aliphatic carbocycles. The van der Waals surface area contributed by atoms with Crippen molar-refractivity contribution in [1.82, 2.24) is 15.5 Å². The van der Waals surface area contributed by atoms with Gasteiger partial charge in [-0.1, -0.05) is 50.3 Å². The van der Waals surface area contributed by atoms with Crippen LogP contribution in [0.4, 0.5) is 0 Å². The molecule has 3 aliphatic rings. The molecule has 4 rings (SSSR count). The molecule has 1 aromatic carbocycles. The maximum absolute atomic E-state index is 13.5. The van der Waals surface area contributed by atoms with Crippen LogP contribution in [-0.2, 0) is 20.8 Å². The van der Waals surface area contributed by atoms with E-state index >= 15 is 0 Å². The third kappa shape index (κ3) is 6.80. The van der Waals surface area contributed by atoms with Crippen molar-refractivity contribution in [3.8, 4) is 5.75 Å². The summed E-state index contributed by atoms with van der Waals surface area (Å²) in [5, 5.41) is 5.86. The summed E-state index contributed by atoms with van der Waals surface area (Å²) in [6.07, 6.45) is 11.6. The summed E-state index contributed by atoms with van der Waals surface area (Å²) in [5.41, 5.74) is 0.626. The molecule has 0 radical (unpaired) electrons. The number of nitrogens with zero attached hydrogens (tertiary/aromatic N) is 1. The van der Waals surface area contributed by atoms with Gasteiger partial charge in [0.15, 0.2) is 0 Å². The van der Waals surface area contributed by atoms with Gasteiger partial charge in [0, 0.05) is 19.5 Å². The first-order valence-electron chi connectivity index (χ1n) is 14.0. The number of hydrogen-bond acceptors (Lipinski definition) is 4. The first-order valence-corrected chi connectivity index (χ1v) is 14.0. The molecule has 2 fully saturated rings. The molecule has 7 heteroatoms. The van der Waals surface area contributed by atoms with E-state index in [4.69, 9.17) is 4.74 Å². The van der Waals surface area contributed by atoms with Gasteiger partial charge < -0.3 is 20.3 Å². The molecule has 1 atom stereocenters. The molecular weight excluding hydrogens is 454 g/mol. The van der Waals surface area contributed by atoms with E-state index in [1.54, 1.807) is 6.92 Å². The lowest BCUT2D eigenvalue weighted by atomic mass is 9.73. The molecule has 36 heavy (non-hydrogen) atoms. The number of carbonyl (C=O) groups is 3. The fourth-order valence-electron chi connectivity index (χ4n) is 6.09. The Morgan fingerprint density at radius 2 is 1.81 bits per heavy atom. The molecule has 0 bridgehead atoms. The summed E-state index contributed by atoms with van der Waals surface area (Å²) >= 11 is 0. The molecule has 0 aromatic heterocycles. The highest BCUT2D eigenvalue weighted by Gasteiger charge is 2.42. The Morgan fingerprint density at radius 3 is 2.58 bits per heavy atom. The second kappa shape index (κ2) is 12.6. The first-order chi connectivity index (χ1) is 17.5. The largest absolute Gasteiger partial charge is 0.491 e. The Kier molecular flexibility index (Phi) is 9.27. The number of carbonyl (C=O) groups excluding carboxylic acids is 3. The molecule has 1 saturated heterocycles. The molecule has 1 saturated carbocycles. The summed E-state index contributed by atoms with van der Waals surface area (Å²) in [4.78, 5) is 41.0. The minimum Gasteiger partial charge on any atom is -0.491 e. The van der Waals surface area contributed by atoms with Gasteiger partial charge in [0.25, 0.3) is 0 Å². The molecule has 3 amide bonds. The van der Waals surface area contributed by atoms with Crippen molar-refractivity contribution in [2.75, 3.05) is 26.2 Å². The number of benzene rings is 1. The molecule has 7 nitrogen and oxygen atoms in total. The number of likely N-dealkylation sites (tertiary alicyclic amines) is 1. The number of piperidine rings is 1. The van der Waals surface area contributed by atoms with Gasteiger partial charge in [-0.05, 0) is 63.0 Å². The molecule has 1 spiro atoms. The van der Waals surface area contributed by atoms with E-state index in [-0.39, 0.29) is 17.7 Å². The van der Waals surface area contributed by atoms with Gasteiger partial charge in [0.05, 0.1) is 12.0 Å². The van der Waals surface area contributed by atoms with Gasteiger partial charge in [-0.25, -0.2) is 0 Å². The number of rotatable bonds is 3. The molecule has 2 heterocycles. The second-order valence-corrected chi connectivity index (χ2v) is 11.0. The van der Waals surface area contributed by atoms with Crippen LogP contribution < -0.4 is 15.4 Å². The minimum atomic E-state index is -0.613. The van der Waals surface area contributed by atoms with Crippen LogP contribution in [-0.4, -0.2) is 54.9 Å². The quantitative estimate of drug-likeness (QED) is 0.661. The summed E-state index contributed by atoms with van der Waals surface area (Å²) in [5.74, 6) is 1.56. The van der Waals surface area contributed by atoms with Crippen LogP contribution in [0.2, 0.25) is 0 Å². The average molecular weight is 498 g/mol. The van der Waals surface area contributed by atoms with Crippen LogP contribution in [0.15, 0.2) is 24.3 Å². The SMILES string of the molecule is C[C@@H]1NC(=O)C2(CCCCc3ccccc3OCCNC1=O)CCN(C(=O)CCC1CCCC1)CC2. The number of fused-ring (bicyclic) bond motifs is 1. The van der Waals surface area contributed by atoms with Crippen LogP contribution in [0.25, 0.3) is 0 Å². The van der Waals surface area contributed by atoms with E-state index in [0.717, 1.165) is 43.4 Å². The Hall–Kier alpha value is -2.57. The highest BCUT2D eigenvalue weighted by atomic mass is 16.5. The highest BCUT2D eigenvalue weighted by molar-refractivity contribution is 5.90. The Balaban J connectivity index is 1.40. The lowest BCUT2D eigenvalue weighted by Crippen LogP contribution is -2.54. The van der Waals surface area contributed by atoms with Crippen LogP contribution in [0, 0.1) is 11.3 Å². The maximum Gasteiger partial charge on any atom is 0.242 e. The monoisotopic (exact) mass is 497 g/mol. The fourth-order valence-corrected chi connectivity index (χ4v) is 6.09. The molecule has 2 N–H and O–H groups in total. The van der Waals surface area contributed by atoms with Crippen LogP contribution >= 0.6 is 0 Å². The maximum atomic E-state index is 13.5. The lowest BCUT2D eigenvalue weighted by Gasteiger charge is -2.41. The Labute approximate surface area is 215 Å². The third-order valence-electron chi connectivity index (χ3n) is 8.52.